The minimum Gasteiger partial charge on any atom is -0.315 e. The van der Waals surface area contributed by atoms with E-state index in [2.05, 4.69) is 48.0 Å². The minimum atomic E-state index is -0.359. The maximum atomic E-state index is 11.1. The second kappa shape index (κ2) is 6.87. The van der Waals surface area contributed by atoms with E-state index in [4.69, 9.17) is 5.10 Å². The van der Waals surface area contributed by atoms with Crippen LogP contribution in [-0.2, 0) is 0 Å². The van der Waals surface area contributed by atoms with Crippen LogP contribution >= 0.6 is 11.8 Å². The zero-order chi connectivity index (χ0) is 20.9. The highest BCUT2D eigenvalue weighted by molar-refractivity contribution is 8.00. The molecule has 2 aromatic rings. The van der Waals surface area contributed by atoms with Gasteiger partial charge in [-0.15, -0.1) is 11.8 Å². The Bertz CT molecular complexity index is 1040. The molecule has 1 unspecified atom stereocenters. The van der Waals surface area contributed by atoms with Crippen molar-refractivity contribution < 1.29 is 4.92 Å². The van der Waals surface area contributed by atoms with Gasteiger partial charge in [-0.2, -0.15) is 5.10 Å². The summed E-state index contributed by atoms with van der Waals surface area (Å²) in [6, 6.07) is 17.1. The highest BCUT2D eigenvalue weighted by Gasteiger charge is 2.73. The standard InChI is InChI=1S/C23H24N4O2S/c1-3-30-23-20-11-7-8-16-22(20,2)25(23)21(17-9-5-4-6-10-17)24-26(23)18-12-14-19(15-13-18)27(28)29/h4-10,12-15,20H,3,11,16H2,1-2H3/t20-,22+,23?/m0/s1. The molecule has 6 nitrogen and oxygen atoms in total. The van der Waals surface area contributed by atoms with Crippen LogP contribution < -0.4 is 5.01 Å². The van der Waals surface area contributed by atoms with E-state index in [1.165, 1.54) is 0 Å². The van der Waals surface area contributed by atoms with Gasteiger partial charge in [-0.1, -0.05) is 49.4 Å². The fraction of sp³-hybridized carbons (Fsp3) is 0.348. The number of nitro benzene ring substituents is 1. The summed E-state index contributed by atoms with van der Waals surface area (Å²) in [5.74, 6) is 2.33. The van der Waals surface area contributed by atoms with Gasteiger partial charge in [0.05, 0.1) is 16.1 Å². The van der Waals surface area contributed by atoms with E-state index in [0.29, 0.717) is 5.92 Å². The fourth-order valence-corrected chi connectivity index (χ4v) is 6.90. The molecule has 2 aromatic carbocycles. The van der Waals surface area contributed by atoms with Crippen LogP contribution in [0.2, 0.25) is 0 Å². The van der Waals surface area contributed by atoms with Crippen molar-refractivity contribution >= 4 is 29.0 Å². The van der Waals surface area contributed by atoms with Crippen molar-refractivity contribution in [3.05, 3.63) is 82.4 Å². The largest absolute Gasteiger partial charge is 0.315 e. The second-order valence-corrected chi connectivity index (χ2v) is 9.59. The SMILES string of the molecule is CCSC12[C@H]3CC=CC[C@@]3(C)N1C(c1ccccc1)=NN2c1ccc([N+](=O)[O-])cc1. The summed E-state index contributed by atoms with van der Waals surface area (Å²) >= 11 is 1.90. The molecule has 1 aliphatic carbocycles. The molecule has 1 saturated heterocycles. The highest BCUT2D eigenvalue weighted by atomic mass is 32.2. The number of nitro groups is 1. The Morgan fingerprint density at radius 2 is 1.90 bits per heavy atom. The highest BCUT2D eigenvalue weighted by Crippen LogP contribution is 2.65. The zero-order valence-electron chi connectivity index (χ0n) is 17.1. The smallest absolute Gasteiger partial charge is 0.269 e. The molecule has 0 saturated carbocycles. The van der Waals surface area contributed by atoms with Crippen molar-refractivity contribution in [3.63, 3.8) is 0 Å². The van der Waals surface area contributed by atoms with Gasteiger partial charge in [-0.05, 0) is 37.7 Å². The van der Waals surface area contributed by atoms with E-state index >= 15 is 0 Å². The van der Waals surface area contributed by atoms with E-state index in [1.54, 1.807) is 12.1 Å². The van der Waals surface area contributed by atoms with Crippen LogP contribution in [0.1, 0.15) is 32.3 Å². The van der Waals surface area contributed by atoms with Gasteiger partial charge in [0, 0.05) is 23.6 Å². The monoisotopic (exact) mass is 420 g/mol. The fourth-order valence-electron chi connectivity index (χ4n) is 5.23. The number of amidine groups is 1. The lowest BCUT2D eigenvalue weighted by atomic mass is 9.65. The molecule has 3 atom stereocenters. The van der Waals surface area contributed by atoms with Gasteiger partial charge in [0.1, 0.15) is 0 Å². The van der Waals surface area contributed by atoms with Gasteiger partial charge >= 0.3 is 0 Å². The summed E-state index contributed by atoms with van der Waals surface area (Å²) < 4.78 is 0. The average Bonchev–Trinajstić information content (AvgIpc) is 3.07. The first-order chi connectivity index (χ1) is 14.5. The Labute approximate surface area is 180 Å². The van der Waals surface area contributed by atoms with E-state index in [-0.39, 0.29) is 21.1 Å². The van der Waals surface area contributed by atoms with Crippen molar-refractivity contribution in [2.24, 2.45) is 11.0 Å². The Hall–Kier alpha value is -2.80. The summed E-state index contributed by atoms with van der Waals surface area (Å²) in [5.41, 5.74) is 2.07. The number of non-ortho nitro benzene ring substituents is 1. The van der Waals surface area contributed by atoms with Gasteiger partial charge in [0.15, 0.2) is 10.8 Å². The molecule has 2 aliphatic heterocycles. The van der Waals surface area contributed by atoms with E-state index in [9.17, 15) is 10.1 Å². The Balaban J connectivity index is 1.67. The van der Waals surface area contributed by atoms with Crippen LogP contribution in [0.4, 0.5) is 11.4 Å². The summed E-state index contributed by atoms with van der Waals surface area (Å²) in [6.45, 7) is 4.52. The van der Waals surface area contributed by atoms with Crippen molar-refractivity contribution in [2.75, 3.05) is 10.8 Å². The van der Waals surface area contributed by atoms with Crippen molar-refractivity contribution in [2.45, 2.75) is 37.2 Å². The van der Waals surface area contributed by atoms with Crippen LogP contribution in [0.5, 0.6) is 0 Å². The zero-order valence-corrected chi connectivity index (χ0v) is 17.9. The summed E-state index contributed by atoms with van der Waals surface area (Å²) in [6.07, 6.45) is 6.56. The number of allylic oxidation sites excluding steroid dienone is 1. The number of hydrogen-bond donors (Lipinski definition) is 0. The third-order valence-electron chi connectivity index (χ3n) is 6.51. The lowest BCUT2D eigenvalue weighted by molar-refractivity contribution is -0.384. The number of hydrazone groups is 1. The molecule has 3 aliphatic rings. The third-order valence-corrected chi connectivity index (χ3v) is 7.86. The van der Waals surface area contributed by atoms with E-state index in [0.717, 1.165) is 35.7 Å². The van der Waals surface area contributed by atoms with Crippen LogP contribution in [-0.4, -0.2) is 31.9 Å². The Morgan fingerprint density at radius 3 is 2.57 bits per heavy atom. The van der Waals surface area contributed by atoms with Crippen LogP contribution in [0.15, 0.2) is 71.9 Å². The first kappa shape index (κ1) is 19.2. The molecule has 0 aromatic heterocycles. The molecule has 30 heavy (non-hydrogen) atoms. The average molecular weight is 421 g/mol. The molecular weight excluding hydrogens is 396 g/mol. The van der Waals surface area contributed by atoms with Crippen LogP contribution in [0.3, 0.4) is 0 Å². The first-order valence-electron chi connectivity index (χ1n) is 10.3. The predicted molar refractivity (Wildman–Crippen MR) is 122 cm³/mol. The molecule has 5 rings (SSSR count). The molecular formula is C23H24N4O2S. The summed E-state index contributed by atoms with van der Waals surface area (Å²) in [4.78, 5) is 13.0. The summed E-state index contributed by atoms with van der Waals surface area (Å²) in [7, 11) is 0. The lowest BCUT2D eigenvalue weighted by Crippen LogP contribution is -2.81. The summed E-state index contributed by atoms with van der Waals surface area (Å²) in [5, 5.41) is 18.4. The first-order valence-corrected chi connectivity index (χ1v) is 11.3. The normalized spacial score (nSPS) is 29.1. The number of anilines is 1. The maximum absolute atomic E-state index is 11.1. The molecule has 1 fully saturated rings. The third kappa shape index (κ3) is 2.48. The van der Waals surface area contributed by atoms with Crippen LogP contribution in [0, 0.1) is 16.0 Å². The number of thioether (sulfide) groups is 1. The molecule has 154 valence electrons. The predicted octanol–water partition coefficient (Wildman–Crippen LogP) is 5.22. The lowest BCUT2D eigenvalue weighted by Gasteiger charge is -2.69. The van der Waals surface area contributed by atoms with Gasteiger partial charge in [-0.25, -0.2) is 5.01 Å². The number of hydrogen-bond acceptors (Lipinski definition) is 6. The Kier molecular flexibility index (Phi) is 4.39. The molecule has 0 N–H and O–H groups in total. The minimum absolute atomic E-state index is 0.00111. The molecule has 0 amide bonds. The molecule has 2 heterocycles. The number of fused-ring (bicyclic) bond motifs is 4. The van der Waals surface area contributed by atoms with Crippen molar-refractivity contribution in [1.82, 2.24) is 4.90 Å². The number of benzene rings is 2. The quantitative estimate of drug-likeness (QED) is 0.377. The molecule has 7 heteroatoms. The maximum Gasteiger partial charge on any atom is 0.269 e. The molecule has 0 radical (unpaired) electrons. The van der Waals surface area contributed by atoms with Crippen LogP contribution in [0.25, 0.3) is 0 Å². The van der Waals surface area contributed by atoms with Gasteiger partial charge in [0.2, 0.25) is 0 Å². The van der Waals surface area contributed by atoms with Crippen molar-refractivity contribution in [1.29, 1.82) is 0 Å². The number of rotatable bonds is 5. The Morgan fingerprint density at radius 1 is 1.17 bits per heavy atom. The van der Waals surface area contributed by atoms with E-state index in [1.807, 2.05) is 42.1 Å². The van der Waals surface area contributed by atoms with Gasteiger partial charge in [-0.3, -0.25) is 10.1 Å². The number of nitrogens with zero attached hydrogens (tertiary/aromatic N) is 4. The molecule has 0 spiro atoms. The van der Waals surface area contributed by atoms with Gasteiger partial charge in [0.25, 0.3) is 5.69 Å². The van der Waals surface area contributed by atoms with Crippen molar-refractivity contribution in [3.8, 4) is 0 Å². The molecule has 0 bridgehead atoms. The topological polar surface area (TPSA) is 62.0 Å². The second-order valence-electron chi connectivity index (χ2n) is 8.12. The van der Waals surface area contributed by atoms with Gasteiger partial charge < -0.3 is 4.90 Å². The van der Waals surface area contributed by atoms with E-state index < -0.39 is 0 Å².